The van der Waals surface area contributed by atoms with Crippen molar-refractivity contribution in [1.82, 2.24) is 4.90 Å². The molecule has 110 valence electrons. The van der Waals surface area contributed by atoms with E-state index in [4.69, 9.17) is 17.3 Å². The Morgan fingerprint density at radius 1 is 1.55 bits per heavy atom. The average molecular weight is 295 g/mol. The van der Waals surface area contributed by atoms with Gasteiger partial charge in [-0.1, -0.05) is 30.2 Å². The second-order valence-electron chi connectivity index (χ2n) is 6.06. The monoisotopic (exact) mass is 294 g/mol. The van der Waals surface area contributed by atoms with Crippen LogP contribution in [0.5, 0.6) is 0 Å². The first-order chi connectivity index (χ1) is 9.36. The predicted molar refractivity (Wildman–Crippen MR) is 82.6 cm³/mol. The van der Waals surface area contributed by atoms with E-state index in [1.165, 1.54) is 0 Å². The maximum Gasteiger partial charge on any atom is 0.230 e. The molecular weight excluding hydrogens is 272 g/mol. The summed E-state index contributed by atoms with van der Waals surface area (Å²) in [6.07, 6.45) is 2.84. The van der Waals surface area contributed by atoms with Gasteiger partial charge >= 0.3 is 0 Å². The molecule has 1 aromatic carbocycles. The van der Waals surface area contributed by atoms with Crippen molar-refractivity contribution in [2.24, 2.45) is 11.1 Å². The summed E-state index contributed by atoms with van der Waals surface area (Å²) in [5.41, 5.74) is 6.76. The van der Waals surface area contributed by atoms with Gasteiger partial charge in [0.05, 0.1) is 11.5 Å². The highest BCUT2D eigenvalue weighted by Crippen LogP contribution is 2.39. The lowest BCUT2D eigenvalue weighted by molar-refractivity contribution is -0.142. The lowest BCUT2D eigenvalue weighted by Crippen LogP contribution is -2.48. The standard InChI is InChI=1S/C16H23ClN2O/c1-11(12-6-4-7-13(17)10-12)19(3)15(20)16(2)9-5-8-14(16)18/h4,6-7,10-11,14H,5,8-9,18H2,1-3H3. The van der Waals surface area contributed by atoms with E-state index < -0.39 is 5.41 Å². The van der Waals surface area contributed by atoms with Gasteiger partial charge in [-0.3, -0.25) is 4.79 Å². The molecule has 1 fully saturated rings. The van der Waals surface area contributed by atoms with Crippen molar-refractivity contribution in [1.29, 1.82) is 0 Å². The number of hydrogen-bond donors (Lipinski definition) is 1. The molecule has 0 spiro atoms. The van der Waals surface area contributed by atoms with E-state index >= 15 is 0 Å². The van der Waals surface area contributed by atoms with Crippen LogP contribution in [0, 0.1) is 5.41 Å². The van der Waals surface area contributed by atoms with E-state index in [0.717, 1.165) is 24.8 Å². The minimum absolute atomic E-state index is 0.00850. The molecule has 1 aliphatic carbocycles. The number of nitrogens with zero attached hydrogens (tertiary/aromatic N) is 1. The van der Waals surface area contributed by atoms with Crippen LogP contribution >= 0.6 is 11.6 Å². The predicted octanol–water partition coefficient (Wildman–Crippen LogP) is 3.38. The molecule has 4 heteroatoms. The zero-order chi connectivity index (χ0) is 14.9. The molecule has 2 rings (SSSR count). The van der Waals surface area contributed by atoms with Crippen LogP contribution in [0.3, 0.4) is 0 Å². The van der Waals surface area contributed by atoms with Gasteiger partial charge in [-0.05, 0) is 44.4 Å². The normalized spacial score (nSPS) is 27.4. The fraction of sp³-hybridized carbons (Fsp3) is 0.562. The third kappa shape index (κ3) is 2.70. The van der Waals surface area contributed by atoms with Crippen LogP contribution in [0.25, 0.3) is 0 Å². The van der Waals surface area contributed by atoms with E-state index in [-0.39, 0.29) is 18.0 Å². The zero-order valence-electron chi connectivity index (χ0n) is 12.4. The highest BCUT2D eigenvalue weighted by atomic mass is 35.5. The number of hydrogen-bond acceptors (Lipinski definition) is 2. The van der Waals surface area contributed by atoms with Crippen molar-refractivity contribution >= 4 is 17.5 Å². The van der Waals surface area contributed by atoms with Gasteiger partial charge in [0.25, 0.3) is 0 Å². The first-order valence-electron chi connectivity index (χ1n) is 7.14. The highest BCUT2D eigenvalue weighted by Gasteiger charge is 2.45. The number of rotatable bonds is 3. The van der Waals surface area contributed by atoms with Crippen LogP contribution < -0.4 is 5.73 Å². The van der Waals surface area contributed by atoms with Gasteiger partial charge in [0.2, 0.25) is 5.91 Å². The number of benzene rings is 1. The summed E-state index contributed by atoms with van der Waals surface area (Å²) in [6, 6.07) is 7.61. The number of amides is 1. The Balaban J connectivity index is 2.18. The first-order valence-corrected chi connectivity index (χ1v) is 7.52. The second kappa shape index (κ2) is 5.74. The molecule has 0 bridgehead atoms. The molecule has 2 N–H and O–H groups in total. The van der Waals surface area contributed by atoms with Crippen LogP contribution in [0.2, 0.25) is 5.02 Å². The summed E-state index contributed by atoms with van der Waals surface area (Å²) in [6.45, 7) is 4.02. The summed E-state index contributed by atoms with van der Waals surface area (Å²) in [7, 11) is 1.85. The van der Waals surface area contributed by atoms with Crippen molar-refractivity contribution in [3.8, 4) is 0 Å². The molecule has 1 saturated carbocycles. The zero-order valence-corrected chi connectivity index (χ0v) is 13.2. The summed E-state index contributed by atoms with van der Waals surface area (Å²) in [5, 5.41) is 0.693. The Bertz CT molecular complexity index is 505. The van der Waals surface area contributed by atoms with Crippen molar-refractivity contribution in [3.63, 3.8) is 0 Å². The summed E-state index contributed by atoms with van der Waals surface area (Å²) in [4.78, 5) is 14.6. The lowest BCUT2D eigenvalue weighted by atomic mass is 9.83. The van der Waals surface area contributed by atoms with E-state index in [0.29, 0.717) is 5.02 Å². The molecule has 1 aromatic rings. The highest BCUT2D eigenvalue weighted by molar-refractivity contribution is 6.30. The molecule has 0 aromatic heterocycles. The molecule has 1 amide bonds. The van der Waals surface area contributed by atoms with E-state index in [2.05, 4.69) is 0 Å². The van der Waals surface area contributed by atoms with Crippen LogP contribution in [-0.4, -0.2) is 23.9 Å². The SMILES string of the molecule is CC(c1cccc(Cl)c1)N(C)C(=O)C1(C)CCCC1N. The first kappa shape index (κ1) is 15.3. The summed E-state index contributed by atoms with van der Waals surface area (Å²) < 4.78 is 0. The van der Waals surface area contributed by atoms with Crippen LogP contribution in [0.1, 0.15) is 44.7 Å². The van der Waals surface area contributed by atoms with Crippen molar-refractivity contribution in [2.75, 3.05) is 7.05 Å². The maximum absolute atomic E-state index is 12.8. The fourth-order valence-corrected chi connectivity index (χ4v) is 3.23. The number of nitrogens with two attached hydrogens (primary N) is 1. The van der Waals surface area contributed by atoms with Crippen LogP contribution in [0.15, 0.2) is 24.3 Å². The Hall–Kier alpha value is -1.06. The van der Waals surface area contributed by atoms with Gasteiger partial charge in [0, 0.05) is 18.1 Å². The molecule has 20 heavy (non-hydrogen) atoms. The molecule has 0 heterocycles. The average Bonchev–Trinajstić information content (AvgIpc) is 2.77. The Kier molecular flexibility index (Phi) is 4.40. The quantitative estimate of drug-likeness (QED) is 0.929. The van der Waals surface area contributed by atoms with Crippen molar-refractivity contribution < 1.29 is 4.79 Å². The molecule has 1 aliphatic rings. The Morgan fingerprint density at radius 3 is 2.80 bits per heavy atom. The Morgan fingerprint density at radius 2 is 2.25 bits per heavy atom. The molecule has 0 aliphatic heterocycles. The number of carbonyl (C=O) groups excluding carboxylic acids is 1. The molecular formula is C16H23ClN2O. The summed E-state index contributed by atoms with van der Waals surface area (Å²) >= 11 is 6.03. The minimum Gasteiger partial charge on any atom is -0.338 e. The molecule has 0 radical (unpaired) electrons. The van der Waals surface area contributed by atoms with Gasteiger partial charge in [0.1, 0.15) is 0 Å². The van der Waals surface area contributed by atoms with Gasteiger partial charge in [-0.15, -0.1) is 0 Å². The van der Waals surface area contributed by atoms with Crippen molar-refractivity contribution in [3.05, 3.63) is 34.9 Å². The third-order valence-corrected chi connectivity index (χ3v) is 4.99. The number of halogens is 1. The maximum atomic E-state index is 12.8. The smallest absolute Gasteiger partial charge is 0.230 e. The van der Waals surface area contributed by atoms with E-state index in [1.54, 1.807) is 4.90 Å². The number of carbonyl (C=O) groups is 1. The largest absolute Gasteiger partial charge is 0.338 e. The minimum atomic E-state index is -0.429. The van der Waals surface area contributed by atoms with Crippen LogP contribution in [-0.2, 0) is 4.79 Å². The Labute approximate surface area is 126 Å². The molecule has 0 saturated heterocycles. The van der Waals surface area contributed by atoms with Gasteiger partial charge in [-0.25, -0.2) is 0 Å². The van der Waals surface area contributed by atoms with E-state index in [1.807, 2.05) is 45.2 Å². The van der Waals surface area contributed by atoms with E-state index in [9.17, 15) is 4.79 Å². The van der Waals surface area contributed by atoms with Gasteiger partial charge in [-0.2, -0.15) is 0 Å². The van der Waals surface area contributed by atoms with Crippen molar-refractivity contribution in [2.45, 2.75) is 45.2 Å². The molecule has 3 nitrogen and oxygen atoms in total. The van der Waals surface area contributed by atoms with Gasteiger partial charge in [0.15, 0.2) is 0 Å². The lowest BCUT2D eigenvalue weighted by Gasteiger charge is -2.35. The second-order valence-corrected chi connectivity index (χ2v) is 6.50. The van der Waals surface area contributed by atoms with Gasteiger partial charge < -0.3 is 10.6 Å². The molecule has 3 atom stereocenters. The molecule has 3 unspecified atom stereocenters. The van der Waals surface area contributed by atoms with Crippen LogP contribution in [0.4, 0.5) is 0 Å². The fourth-order valence-electron chi connectivity index (χ4n) is 3.03. The summed E-state index contributed by atoms with van der Waals surface area (Å²) in [5.74, 6) is 0.134. The topological polar surface area (TPSA) is 46.3 Å². The third-order valence-electron chi connectivity index (χ3n) is 4.75.